The average molecular weight is 282 g/mol. The molecule has 1 aromatic carbocycles. The molecule has 0 saturated carbocycles. The summed E-state index contributed by atoms with van der Waals surface area (Å²) in [6.45, 7) is 5.98. The lowest BCUT2D eigenvalue weighted by Crippen LogP contribution is -2.36. The monoisotopic (exact) mass is 282 g/mol. The summed E-state index contributed by atoms with van der Waals surface area (Å²) in [6.07, 6.45) is 0. The number of esters is 1. The van der Waals surface area contributed by atoms with Gasteiger partial charge in [-0.25, -0.2) is 4.79 Å². The van der Waals surface area contributed by atoms with Gasteiger partial charge in [0.1, 0.15) is 5.75 Å². The number of benzene rings is 1. The molecule has 0 amide bonds. The predicted octanol–water partition coefficient (Wildman–Crippen LogP) is 2.53. The maximum Gasteiger partial charge on any atom is 0.337 e. The fourth-order valence-corrected chi connectivity index (χ4v) is 1.48. The summed E-state index contributed by atoms with van der Waals surface area (Å²) < 4.78 is 20.8. The second-order valence-electron chi connectivity index (χ2n) is 4.72. The van der Waals surface area contributed by atoms with Crippen molar-refractivity contribution in [2.75, 3.05) is 20.5 Å². The second-order valence-corrected chi connectivity index (χ2v) is 4.72. The summed E-state index contributed by atoms with van der Waals surface area (Å²) in [7, 11) is 1.56. The molecule has 0 atom stereocenters. The Morgan fingerprint density at radius 3 is 2.70 bits per heavy atom. The lowest BCUT2D eigenvalue weighted by molar-refractivity contribution is -0.169. The lowest BCUT2D eigenvalue weighted by Gasteiger charge is -2.23. The van der Waals surface area contributed by atoms with Gasteiger partial charge in [-0.2, -0.15) is 0 Å². The third kappa shape index (κ3) is 5.19. The molecule has 0 aliphatic carbocycles. The quantitative estimate of drug-likeness (QED) is 0.541. The first kappa shape index (κ1) is 16.5. The maximum atomic E-state index is 11.7. The lowest BCUT2D eigenvalue weighted by atomic mass is 10.1. The minimum absolute atomic E-state index is 0.193. The third-order valence-electron chi connectivity index (χ3n) is 2.61. The Hall–Kier alpha value is -1.59. The van der Waals surface area contributed by atoms with Gasteiger partial charge in [-0.3, -0.25) is 0 Å². The second kappa shape index (κ2) is 7.87. The summed E-state index contributed by atoms with van der Waals surface area (Å²) in [4.78, 5) is 11.7. The van der Waals surface area contributed by atoms with Crippen LogP contribution in [-0.2, 0) is 25.6 Å². The summed E-state index contributed by atoms with van der Waals surface area (Å²) >= 11 is 0. The topological polar surface area (TPSA) is 54.0 Å². The van der Waals surface area contributed by atoms with Crippen LogP contribution < -0.4 is 4.74 Å². The van der Waals surface area contributed by atoms with Crippen LogP contribution in [0.4, 0.5) is 0 Å². The number of hydrogen-bond donors (Lipinski definition) is 0. The molecular formula is C15H22O5. The van der Waals surface area contributed by atoms with E-state index in [1.165, 1.54) is 0 Å². The Morgan fingerprint density at radius 1 is 1.30 bits per heavy atom. The number of carbonyl (C=O) groups is 1. The van der Waals surface area contributed by atoms with Crippen molar-refractivity contribution < 1.29 is 23.7 Å². The molecule has 0 aliphatic heterocycles. The van der Waals surface area contributed by atoms with E-state index < -0.39 is 5.60 Å². The molecule has 0 fully saturated rings. The highest BCUT2D eigenvalue weighted by molar-refractivity contribution is 5.78. The fraction of sp³-hybridized carbons (Fsp3) is 0.533. The SMILES string of the molecule is CCOC(=O)C(C)(C)OCc1cccc(OCOC)c1. The largest absolute Gasteiger partial charge is 0.468 e. The van der Waals surface area contributed by atoms with Crippen LogP contribution in [0, 0.1) is 0 Å². The van der Waals surface area contributed by atoms with Crippen LogP contribution in [0.5, 0.6) is 5.75 Å². The van der Waals surface area contributed by atoms with E-state index in [0.717, 1.165) is 5.56 Å². The highest BCUT2D eigenvalue weighted by atomic mass is 16.7. The fourth-order valence-electron chi connectivity index (χ4n) is 1.48. The number of ether oxygens (including phenoxy) is 4. The summed E-state index contributed by atoms with van der Waals surface area (Å²) in [5.41, 5.74) is -0.0599. The zero-order valence-electron chi connectivity index (χ0n) is 12.5. The van der Waals surface area contributed by atoms with Gasteiger partial charge in [-0.15, -0.1) is 0 Å². The predicted molar refractivity (Wildman–Crippen MR) is 74.4 cm³/mol. The van der Waals surface area contributed by atoms with Crippen molar-refractivity contribution >= 4 is 5.97 Å². The van der Waals surface area contributed by atoms with Gasteiger partial charge >= 0.3 is 5.97 Å². The Bertz CT molecular complexity index is 428. The molecular weight excluding hydrogens is 260 g/mol. The van der Waals surface area contributed by atoms with E-state index in [1.54, 1.807) is 27.9 Å². The first-order valence-corrected chi connectivity index (χ1v) is 6.51. The molecule has 0 aliphatic rings. The molecule has 0 heterocycles. The number of rotatable bonds is 8. The molecule has 0 saturated heterocycles. The van der Waals surface area contributed by atoms with Gasteiger partial charge in [0.15, 0.2) is 12.4 Å². The molecule has 20 heavy (non-hydrogen) atoms. The number of carbonyl (C=O) groups excluding carboxylic acids is 1. The van der Waals surface area contributed by atoms with Crippen molar-refractivity contribution in [3.05, 3.63) is 29.8 Å². The molecule has 0 N–H and O–H groups in total. The minimum Gasteiger partial charge on any atom is -0.468 e. The van der Waals surface area contributed by atoms with Gasteiger partial charge in [0.05, 0.1) is 13.2 Å². The van der Waals surface area contributed by atoms with Crippen LogP contribution in [0.2, 0.25) is 0 Å². The van der Waals surface area contributed by atoms with Crippen LogP contribution in [0.3, 0.4) is 0 Å². The molecule has 1 aromatic rings. The van der Waals surface area contributed by atoms with Crippen LogP contribution in [0.25, 0.3) is 0 Å². The molecule has 0 spiro atoms. The number of methoxy groups -OCH3 is 1. The molecule has 0 aromatic heterocycles. The summed E-state index contributed by atoms with van der Waals surface area (Å²) in [5.74, 6) is 0.327. The van der Waals surface area contributed by atoms with Crippen LogP contribution in [0.15, 0.2) is 24.3 Å². The first-order chi connectivity index (χ1) is 9.49. The molecule has 112 valence electrons. The Labute approximate surface area is 119 Å². The molecule has 0 bridgehead atoms. The minimum atomic E-state index is -0.973. The molecule has 5 nitrogen and oxygen atoms in total. The van der Waals surface area contributed by atoms with Crippen molar-refractivity contribution in [1.82, 2.24) is 0 Å². The van der Waals surface area contributed by atoms with E-state index in [2.05, 4.69) is 0 Å². The van der Waals surface area contributed by atoms with Gasteiger partial charge in [0.25, 0.3) is 0 Å². The molecule has 1 rings (SSSR count). The normalized spacial score (nSPS) is 11.2. The Morgan fingerprint density at radius 2 is 2.05 bits per heavy atom. The van der Waals surface area contributed by atoms with E-state index in [1.807, 2.05) is 24.3 Å². The zero-order valence-corrected chi connectivity index (χ0v) is 12.5. The number of hydrogen-bond acceptors (Lipinski definition) is 5. The van der Waals surface area contributed by atoms with Gasteiger partial charge < -0.3 is 18.9 Å². The van der Waals surface area contributed by atoms with Crippen molar-refractivity contribution in [1.29, 1.82) is 0 Å². The molecule has 0 unspecified atom stereocenters. The van der Waals surface area contributed by atoms with Gasteiger partial charge in [0.2, 0.25) is 0 Å². The highest BCUT2D eigenvalue weighted by Gasteiger charge is 2.30. The van der Waals surface area contributed by atoms with E-state index in [0.29, 0.717) is 19.0 Å². The molecule has 5 heteroatoms. The third-order valence-corrected chi connectivity index (χ3v) is 2.61. The van der Waals surface area contributed by atoms with Crippen LogP contribution >= 0.6 is 0 Å². The van der Waals surface area contributed by atoms with E-state index >= 15 is 0 Å². The standard InChI is InChI=1S/C15H22O5/c1-5-18-14(16)15(2,3)20-10-12-7-6-8-13(9-12)19-11-17-4/h6-9H,5,10-11H2,1-4H3. The van der Waals surface area contributed by atoms with Crippen LogP contribution in [0.1, 0.15) is 26.3 Å². The van der Waals surface area contributed by atoms with Crippen molar-refractivity contribution in [3.63, 3.8) is 0 Å². The van der Waals surface area contributed by atoms with Gasteiger partial charge in [0, 0.05) is 7.11 Å². The first-order valence-electron chi connectivity index (χ1n) is 6.51. The van der Waals surface area contributed by atoms with E-state index in [-0.39, 0.29) is 12.8 Å². The van der Waals surface area contributed by atoms with E-state index in [4.69, 9.17) is 18.9 Å². The highest BCUT2D eigenvalue weighted by Crippen LogP contribution is 2.18. The average Bonchev–Trinajstić information content (AvgIpc) is 2.44. The summed E-state index contributed by atoms with van der Waals surface area (Å²) in [5, 5.41) is 0. The van der Waals surface area contributed by atoms with E-state index in [9.17, 15) is 4.79 Å². The van der Waals surface area contributed by atoms with Crippen molar-refractivity contribution in [3.8, 4) is 5.75 Å². The van der Waals surface area contributed by atoms with Crippen LogP contribution in [-0.4, -0.2) is 32.1 Å². The molecule has 0 radical (unpaired) electrons. The van der Waals surface area contributed by atoms with Crippen molar-refractivity contribution in [2.45, 2.75) is 33.0 Å². The van der Waals surface area contributed by atoms with Crippen molar-refractivity contribution in [2.24, 2.45) is 0 Å². The Balaban J connectivity index is 2.58. The maximum absolute atomic E-state index is 11.7. The van der Waals surface area contributed by atoms with Gasteiger partial charge in [-0.05, 0) is 38.5 Å². The van der Waals surface area contributed by atoms with Gasteiger partial charge in [-0.1, -0.05) is 12.1 Å². The summed E-state index contributed by atoms with van der Waals surface area (Å²) in [6, 6.07) is 7.45. The Kier molecular flexibility index (Phi) is 6.48. The smallest absolute Gasteiger partial charge is 0.337 e. The zero-order chi connectivity index (χ0) is 15.0.